The first-order chi connectivity index (χ1) is 10.1. The third-order valence-corrected chi connectivity index (χ3v) is 4.81. The predicted octanol–water partition coefficient (Wildman–Crippen LogP) is 1.58. The molecule has 21 heavy (non-hydrogen) atoms. The maximum absolute atomic E-state index is 12.8. The van der Waals surface area contributed by atoms with Gasteiger partial charge in [-0.1, -0.05) is 24.6 Å². The molecule has 0 spiro atoms. The molecule has 0 radical (unpaired) electrons. The number of hydrogen-bond donors (Lipinski definition) is 2. The number of nitrogens with two attached hydrogens (primary N) is 1. The number of fused-ring (bicyclic) bond motifs is 1. The van der Waals surface area contributed by atoms with Crippen molar-refractivity contribution in [3.8, 4) is 0 Å². The molecule has 0 aromatic heterocycles. The molecule has 1 aliphatic carbocycles. The van der Waals surface area contributed by atoms with Crippen molar-refractivity contribution >= 4 is 17.6 Å². The number of carboxylic acids is 1. The van der Waals surface area contributed by atoms with Gasteiger partial charge in [-0.3, -0.25) is 9.59 Å². The van der Waals surface area contributed by atoms with E-state index in [1.54, 1.807) is 11.0 Å². The maximum Gasteiger partial charge on any atom is 0.312 e. The van der Waals surface area contributed by atoms with Crippen molar-refractivity contribution in [3.63, 3.8) is 0 Å². The van der Waals surface area contributed by atoms with E-state index < -0.39 is 11.9 Å². The van der Waals surface area contributed by atoms with E-state index in [9.17, 15) is 14.7 Å². The molecule has 0 saturated heterocycles. The molecule has 2 aliphatic rings. The highest BCUT2D eigenvalue weighted by Gasteiger charge is 2.41. The third-order valence-electron chi connectivity index (χ3n) is 4.81. The van der Waals surface area contributed by atoms with Crippen molar-refractivity contribution in [1.29, 1.82) is 0 Å². The molecular weight excluding hydrogens is 268 g/mol. The van der Waals surface area contributed by atoms with Gasteiger partial charge in [-0.25, -0.2) is 0 Å². The second-order valence-electron chi connectivity index (χ2n) is 5.93. The Morgan fingerprint density at radius 1 is 1.29 bits per heavy atom. The Morgan fingerprint density at radius 3 is 2.76 bits per heavy atom. The monoisotopic (exact) mass is 288 g/mol. The van der Waals surface area contributed by atoms with Gasteiger partial charge in [0.2, 0.25) is 5.91 Å². The predicted molar refractivity (Wildman–Crippen MR) is 79.1 cm³/mol. The Balaban J connectivity index is 1.90. The van der Waals surface area contributed by atoms with Crippen LogP contribution in [0.5, 0.6) is 0 Å². The van der Waals surface area contributed by atoms with Gasteiger partial charge >= 0.3 is 5.97 Å². The number of para-hydroxylation sites is 1. The summed E-state index contributed by atoms with van der Waals surface area (Å²) in [6.45, 7) is 0.759. The number of nitrogens with zero attached hydrogens (tertiary/aromatic N) is 1. The van der Waals surface area contributed by atoms with Crippen LogP contribution in [0, 0.1) is 11.8 Å². The van der Waals surface area contributed by atoms with Gasteiger partial charge in [0, 0.05) is 18.2 Å². The molecule has 1 fully saturated rings. The number of anilines is 1. The normalized spacial score (nSPS) is 27.7. The van der Waals surface area contributed by atoms with Crippen LogP contribution >= 0.6 is 0 Å². The minimum Gasteiger partial charge on any atom is -0.481 e. The first kappa shape index (κ1) is 14.1. The topological polar surface area (TPSA) is 83.6 Å². The van der Waals surface area contributed by atoms with E-state index in [2.05, 4.69) is 0 Å². The fourth-order valence-corrected chi connectivity index (χ4v) is 3.67. The number of carbonyl (C=O) groups is 2. The van der Waals surface area contributed by atoms with Gasteiger partial charge in [0.05, 0.1) is 0 Å². The molecular formula is C16H20N2O3. The highest BCUT2D eigenvalue weighted by Crippen LogP contribution is 2.40. The molecule has 1 saturated carbocycles. The van der Waals surface area contributed by atoms with Crippen LogP contribution in [0.15, 0.2) is 24.3 Å². The molecule has 3 unspecified atom stereocenters. The van der Waals surface area contributed by atoms with Gasteiger partial charge in [-0.15, -0.1) is 0 Å². The minimum atomic E-state index is -0.875. The van der Waals surface area contributed by atoms with Crippen LogP contribution in [0.1, 0.15) is 30.7 Å². The van der Waals surface area contributed by atoms with Crippen LogP contribution < -0.4 is 10.6 Å². The summed E-state index contributed by atoms with van der Waals surface area (Å²) in [5.41, 5.74) is 7.25. The summed E-state index contributed by atoms with van der Waals surface area (Å²) in [5.74, 6) is -1.29. The maximum atomic E-state index is 12.8. The molecule has 3 atom stereocenters. The Labute approximate surface area is 123 Å². The lowest BCUT2D eigenvalue weighted by Gasteiger charge is -2.25. The zero-order chi connectivity index (χ0) is 15.0. The van der Waals surface area contributed by atoms with Crippen molar-refractivity contribution in [2.24, 2.45) is 17.6 Å². The van der Waals surface area contributed by atoms with Gasteiger partial charge in [0.15, 0.2) is 0 Å². The lowest BCUT2D eigenvalue weighted by Crippen LogP contribution is -2.39. The Morgan fingerprint density at radius 2 is 2.05 bits per heavy atom. The van der Waals surface area contributed by atoms with Gasteiger partial charge in [0.1, 0.15) is 5.92 Å². The van der Waals surface area contributed by atoms with Crippen molar-refractivity contribution in [2.45, 2.75) is 25.2 Å². The quantitative estimate of drug-likeness (QED) is 0.884. The standard InChI is InChI=1S/C16H20N2O3/c17-8-10-4-3-6-11(10)15(19)18-9-13(16(20)21)12-5-1-2-7-14(12)18/h1-2,5,7,10-11,13H,3-4,6,8-9,17H2,(H,20,21). The average molecular weight is 288 g/mol. The summed E-state index contributed by atoms with van der Waals surface area (Å²) >= 11 is 0. The molecule has 1 heterocycles. The zero-order valence-electron chi connectivity index (χ0n) is 11.9. The molecule has 1 amide bonds. The first-order valence-electron chi connectivity index (χ1n) is 7.46. The van der Waals surface area contributed by atoms with Crippen LogP contribution in [0.2, 0.25) is 0 Å². The van der Waals surface area contributed by atoms with E-state index in [0.29, 0.717) is 6.54 Å². The molecule has 1 aromatic carbocycles. The van der Waals surface area contributed by atoms with Crippen LogP contribution in [0.3, 0.4) is 0 Å². The van der Waals surface area contributed by atoms with E-state index in [-0.39, 0.29) is 24.3 Å². The van der Waals surface area contributed by atoms with E-state index in [0.717, 1.165) is 30.5 Å². The summed E-state index contributed by atoms with van der Waals surface area (Å²) in [4.78, 5) is 25.9. The number of carboxylic acid groups (broad SMARTS) is 1. The van der Waals surface area contributed by atoms with Crippen molar-refractivity contribution in [2.75, 3.05) is 18.0 Å². The Kier molecular flexibility index (Phi) is 3.68. The summed E-state index contributed by atoms with van der Waals surface area (Å²) in [6, 6.07) is 7.30. The SMILES string of the molecule is NCC1CCCC1C(=O)N1CC(C(=O)O)c2ccccc21. The fourth-order valence-electron chi connectivity index (χ4n) is 3.67. The second-order valence-corrected chi connectivity index (χ2v) is 5.93. The van der Waals surface area contributed by atoms with E-state index >= 15 is 0 Å². The summed E-state index contributed by atoms with van der Waals surface area (Å²) in [7, 11) is 0. The Hall–Kier alpha value is -1.88. The molecule has 1 aliphatic heterocycles. The van der Waals surface area contributed by atoms with Crippen LogP contribution in [0.25, 0.3) is 0 Å². The Bertz CT molecular complexity index is 572. The number of benzene rings is 1. The zero-order valence-corrected chi connectivity index (χ0v) is 11.9. The number of aliphatic carboxylic acids is 1. The van der Waals surface area contributed by atoms with E-state index in [1.807, 2.05) is 18.2 Å². The van der Waals surface area contributed by atoms with Crippen LogP contribution in [-0.2, 0) is 9.59 Å². The summed E-state index contributed by atoms with van der Waals surface area (Å²) in [5, 5.41) is 9.37. The number of carbonyl (C=O) groups excluding carboxylic acids is 1. The highest BCUT2D eigenvalue weighted by atomic mass is 16.4. The van der Waals surface area contributed by atoms with Crippen LogP contribution in [-0.4, -0.2) is 30.1 Å². The second kappa shape index (κ2) is 5.48. The smallest absolute Gasteiger partial charge is 0.312 e. The van der Waals surface area contributed by atoms with E-state index in [1.165, 1.54) is 0 Å². The highest BCUT2D eigenvalue weighted by molar-refractivity contribution is 6.00. The van der Waals surface area contributed by atoms with Gasteiger partial charge in [-0.2, -0.15) is 0 Å². The average Bonchev–Trinajstić information content (AvgIpc) is 3.11. The van der Waals surface area contributed by atoms with Crippen molar-refractivity contribution in [3.05, 3.63) is 29.8 Å². The molecule has 5 nitrogen and oxygen atoms in total. The molecule has 112 valence electrons. The number of rotatable bonds is 3. The number of amides is 1. The summed E-state index contributed by atoms with van der Waals surface area (Å²) < 4.78 is 0. The lowest BCUT2D eigenvalue weighted by molar-refractivity contribution is -0.138. The van der Waals surface area contributed by atoms with Crippen LogP contribution in [0.4, 0.5) is 5.69 Å². The molecule has 0 bridgehead atoms. The fraction of sp³-hybridized carbons (Fsp3) is 0.500. The van der Waals surface area contributed by atoms with Gasteiger partial charge in [0.25, 0.3) is 0 Å². The third kappa shape index (κ3) is 2.31. The summed E-state index contributed by atoms with van der Waals surface area (Å²) in [6.07, 6.45) is 2.87. The molecule has 3 rings (SSSR count). The largest absolute Gasteiger partial charge is 0.481 e. The molecule has 3 N–H and O–H groups in total. The van der Waals surface area contributed by atoms with Gasteiger partial charge in [-0.05, 0) is 36.9 Å². The number of hydrogen-bond acceptors (Lipinski definition) is 3. The van der Waals surface area contributed by atoms with Crippen molar-refractivity contribution in [1.82, 2.24) is 0 Å². The lowest BCUT2D eigenvalue weighted by atomic mass is 9.94. The van der Waals surface area contributed by atoms with Gasteiger partial charge < -0.3 is 15.7 Å². The first-order valence-corrected chi connectivity index (χ1v) is 7.46. The van der Waals surface area contributed by atoms with E-state index in [4.69, 9.17) is 5.73 Å². The minimum absolute atomic E-state index is 0.0409. The van der Waals surface area contributed by atoms with Crippen molar-refractivity contribution < 1.29 is 14.7 Å². The molecule has 5 heteroatoms. The molecule has 1 aromatic rings.